The molecule has 0 radical (unpaired) electrons. The molecule has 1 aromatic rings. The van der Waals surface area contributed by atoms with Crippen LogP contribution in [-0.4, -0.2) is 36.2 Å². The highest BCUT2D eigenvalue weighted by molar-refractivity contribution is 5.95. The average molecular weight is 302 g/mol. The number of hydrogen-bond acceptors (Lipinski definition) is 3. The zero-order valence-corrected chi connectivity index (χ0v) is 13.8. The molecule has 1 fully saturated rings. The van der Waals surface area contributed by atoms with Crippen LogP contribution in [0.4, 0.5) is 5.69 Å². The van der Waals surface area contributed by atoms with Crippen LogP contribution in [0.25, 0.3) is 0 Å². The van der Waals surface area contributed by atoms with Crippen LogP contribution in [0.1, 0.15) is 44.0 Å². The average Bonchev–Trinajstić information content (AvgIpc) is 2.45. The second-order valence-electron chi connectivity index (χ2n) is 6.64. The van der Waals surface area contributed by atoms with Gasteiger partial charge in [0.05, 0.1) is 0 Å². The molecule has 1 aliphatic heterocycles. The van der Waals surface area contributed by atoms with Crippen LogP contribution < -0.4 is 5.32 Å². The predicted octanol–water partition coefficient (Wildman–Crippen LogP) is 3.20. The lowest BCUT2D eigenvalue weighted by atomic mass is 9.92. The van der Waals surface area contributed by atoms with Gasteiger partial charge >= 0.3 is 0 Å². The second-order valence-corrected chi connectivity index (χ2v) is 6.64. The Hall–Kier alpha value is -1.68. The van der Waals surface area contributed by atoms with Gasteiger partial charge in [0.25, 0.3) is 0 Å². The fourth-order valence-corrected chi connectivity index (χ4v) is 3.25. The van der Waals surface area contributed by atoms with E-state index in [9.17, 15) is 9.59 Å². The first-order valence-corrected chi connectivity index (χ1v) is 8.07. The van der Waals surface area contributed by atoms with Crippen LogP contribution in [-0.2, 0) is 4.79 Å². The molecule has 1 N–H and O–H groups in total. The minimum absolute atomic E-state index is 0.0291. The van der Waals surface area contributed by atoms with Crippen molar-refractivity contribution in [3.8, 4) is 0 Å². The number of carbonyl (C=O) groups is 2. The third kappa shape index (κ3) is 4.95. The molecule has 0 aromatic heterocycles. The number of benzene rings is 1. The maximum atomic E-state index is 12.0. The number of piperidine rings is 1. The minimum atomic E-state index is 0.0291. The number of amides is 1. The highest BCUT2D eigenvalue weighted by atomic mass is 16.1. The van der Waals surface area contributed by atoms with Crippen LogP contribution in [0.3, 0.4) is 0 Å². The lowest BCUT2D eigenvalue weighted by Crippen LogP contribution is -2.40. The van der Waals surface area contributed by atoms with Gasteiger partial charge in [-0.05, 0) is 49.4 Å². The van der Waals surface area contributed by atoms with E-state index < -0.39 is 0 Å². The van der Waals surface area contributed by atoms with Crippen molar-refractivity contribution in [2.24, 2.45) is 11.8 Å². The van der Waals surface area contributed by atoms with Gasteiger partial charge in [0.1, 0.15) is 0 Å². The summed E-state index contributed by atoms with van der Waals surface area (Å²) in [5.41, 5.74) is 1.41. The van der Waals surface area contributed by atoms with Gasteiger partial charge in [-0.3, -0.25) is 9.59 Å². The third-order valence-electron chi connectivity index (χ3n) is 4.17. The Kier molecular flexibility index (Phi) is 5.72. The lowest BCUT2D eigenvalue weighted by molar-refractivity contribution is -0.116. The molecular formula is C18H26N2O2. The van der Waals surface area contributed by atoms with E-state index in [0.717, 1.165) is 25.3 Å². The standard InChI is InChI=1S/C18H26N2O2/c1-13-10-14(2)12-20(11-13)9-8-18(22)19-17-6-4-16(5-7-17)15(3)21/h4-7,13-14H,8-12H2,1-3H3,(H,19,22). The van der Waals surface area contributed by atoms with Crippen molar-refractivity contribution in [2.45, 2.75) is 33.6 Å². The lowest BCUT2D eigenvalue weighted by Gasteiger charge is -2.34. The van der Waals surface area contributed by atoms with Crippen LogP contribution >= 0.6 is 0 Å². The Morgan fingerprint density at radius 1 is 1.14 bits per heavy atom. The smallest absolute Gasteiger partial charge is 0.225 e. The fourth-order valence-electron chi connectivity index (χ4n) is 3.25. The molecule has 1 saturated heterocycles. The zero-order valence-electron chi connectivity index (χ0n) is 13.8. The van der Waals surface area contributed by atoms with Crippen molar-refractivity contribution >= 4 is 17.4 Å². The van der Waals surface area contributed by atoms with Crippen molar-refractivity contribution in [3.63, 3.8) is 0 Å². The fraction of sp³-hybridized carbons (Fsp3) is 0.556. The zero-order chi connectivity index (χ0) is 16.1. The largest absolute Gasteiger partial charge is 0.326 e. The van der Waals surface area contributed by atoms with Crippen LogP contribution in [0.5, 0.6) is 0 Å². The summed E-state index contributed by atoms with van der Waals surface area (Å²) in [6.07, 6.45) is 1.79. The normalized spacial score (nSPS) is 22.3. The molecule has 1 aliphatic rings. The first kappa shape index (κ1) is 16.7. The number of nitrogens with zero attached hydrogens (tertiary/aromatic N) is 1. The molecule has 2 rings (SSSR count). The minimum Gasteiger partial charge on any atom is -0.326 e. The first-order valence-electron chi connectivity index (χ1n) is 8.07. The Morgan fingerprint density at radius 3 is 2.27 bits per heavy atom. The van der Waals surface area contributed by atoms with Crippen LogP contribution in [0.2, 0.25) is 0 Å². The Balaban J connectivity index is 1.79. The molecule has 0 bridgehead atoms. The summed E-state index contributed by atoms with van der Waals surface area (Å²) in [7, 11) is 0. The Labute approximate surface area is 132 Å². The summed E-state index contributed by atoms with van der Waals surface area (Å²) in [6, 6.07) is 7.04. The SMILES string of the molecule is CC(=O)c1ccc(NC(=O)CCN2CC(C)CC(C)C2)cc1. The van der Waals surface area contributed by atoms with Gasteiger partial charge in [-0.2, -0.15) is 0 Å². The van der Waals surface area contributed by atoms with Crippen LogP contribution in [0, 0.1) is 11.8 Å². The number of rotatable bonds is 5. The van der Waals surface area contributed by atoms with Gasteiger partial charge in [-0.1, -0.05) is 13.8 Å². The first-order chi connectivity index (χ1) is 10.4. The molecule has 1 aromatic carbocycles. The highest BCUT2D eigenvalue weighted by Crippen LogP contribution is 2.21. The van der Waals surface area contributed by atoms with Crippen molar-refractivity contribution < 1.29 is 9.59 Å². The van der Waals surface area contributed by atoms with Gasteiger partial charge in [-0.25, -0.2) is 0 Å². The number of Topliss-reactive ketones (excluding diaryl/α,β-unsaturated/α-hetero) is 1. The molecule has 2 atom stereocenters. The van der Waals surface area contributed by atoms with E-state index in [4.69, 9.17) is 0 Å². The Morgan fingerprint density at radius 2 is 1.73 bits per heavy atom. The van der Waals surface area contributed by atoms with Crippen molar-refractivity contribution in [2.75, 3.05) is 25.0 Å². The number of carbonyl (C=O) groups excluding carboxylic acids is 2. The molecule has 1 heterocycles. The topological polar surface area (TPSA) is 49.4 Å². The maximum absolute atomic E-state index is 12.0. The number of anilines is 1. The summed E-state index contributed by atoms with van der Waals surface area (Å²) in [5.74, 6) is 1.49. The van der Waals surface area contributed by atoms with E-state index in [1.54, 1.807) is 24.3 Å². The van der Waals surface area contributed by atoms with Crippen LogP contribution in [0.15, 0.2) is 24.3 Å². The molecule has 0 aliphatic carbocycles. The monoisotopic (exact) mass is 302 g/mol. The summed E-state index contributed by atoms with van der Waals surface area (Å²) >= 11 is 0. The van der Waals surface area contributed by atoms with Gasteiger partial charge in [0, 0.05) is 37.3 Å². The molecule has 0 saturated carbocycles. The van der Waals surface area contributed by atoms with Crippen molar-refractivity contribution in [3.05, 3.63) is 29.8 Å². The highest BCUT2D eigenvalue weighted by Gasteiger charge is 2.21. The number of hydrogen-bond donors (Lipinski definition) is 1. The molecule has 120 valence electrons. The second kappa shape index (κ2) is 7.54. The molecule has 1 amide bonds. The summed E-state index contributed by atoms with van der Waals surface area (Å²) in [6.45, 7) is 9.08. The van der Waals surface area contributed by atoms with Gasteiger partial charge in [-0.15, -0.1) is 0 Å². The molecule has 22 heavy (non-hydrogen) atoms. The van der Waals surface area contributed by atoms with E-state index >= 15 is 0 Å². The quantitative estimate of drug-likeness (QED) is 0.850. The van der Waals surface area contributed by atoms with E-state index in [2.05, 4.69) is 24.1 Å². The summed E-state index contributed by atoms with van der Waals surface area (Å²) in [5, 5.41) is 2.89. The number of nitrogens with one attached hydrogen (secondary N) is 1. The van der Waals surface area contributed by atoms with Gasteiger partial charge in [0.2, 0.25) is 5.91 Å². The van der Waals surface area contributed by atoms with Crippen molar-refractivity contribution in [1.29, 1.82) is 0 Å². The van der Waals surface area contributed by atoms with Gasteiger partial charge < -0.3 is 10.2 Å². The molecule has 2 unspecified atom stereocenters. The third-order valence-corrected chi connectivity index (χ3v) is 4.17. The molecule has 0 spiro atoms. The van der Waals surface area contributed by atoms with E-state index in [-0.39, 0.29) is 11.7 Å². The summed E-state index contributed by atoms with van der Waals surface area (Å²) < 4.78 is 0. The number of likely N-dealkylation sites (tertiary alicyclic amines) is 1. The molecule has 4 nitrogen and oxygen atoms in total. The van der Waals surface area contributed by atoms with E-state index in [1.807, 2.05) is 0 Å². The molecule has 4 heteroatoms. The summed E-state index contributed by atoms with van der Waals surface area (Å²) in [4.78, 5) is 25.6. The predicted molar refractivity (Wildman–Crippen MR) is 89.1 cm³/mol. The Bertz CT molecular complexity index is 514. The van der Waals surface area contributed by atoms with Crippen molar-refractivity contribution in [1.82, 2.24) is 4.90 Å². The maximum Gasteiger partial charge on any atom is 0.225 e. The molecular weight excluding hydrogens is 276 g/mol. The van der Waals surface area contributed by atoms with E-state index in [0.29, 0.717) is 23.8 Å². The van der Waals surface area contributed by atoms with E-state index in [1.165, 1.54) is 13.3 Å². The number of ketones is 1. The van der Waals surface area contributed by atoms with Gasteiger partial charge in [0.15, 0.2) is 5.78 Å².